The maximum absolute atomic E-state index is 2.75. The van der Waals surface area contributed by atoms with Crippen molar-refractivity contribution in [2.75, 3.05) is 20.6 Å². The number of likely N-dealkylation sites (tertiary alicyclic amines) is 1. The SMILES string of the molecule is C[C@@H]1C[C@@]2(CN(C)C)C[C@H]2N1C(C)(C)C. The molecular weight excluding hydrogens is 184 g/mol. The van der Waals surface area contributed by atoms with Crippen LogP contribution in [0.15, 0.2) is 0 Å². The molecule has 1 aliphatic heterocycles. The van der Waals surface area contributed by atoms with E-state index >= 15 is 0 Å². The third-order valence-corrected chi connectivity index (χ3v) is 4.06. The van der Waals surface area contributed by atoms with Gasteiger partial charge in [0.25, 0.3) is 0 Å². The maximum atomic E-state index is 2.75. The fourth-order valence-electron chi connectivity index (χ4n) is 3.93. The molecule has 0 unspecified atom stereocenters. The molecule has 2 fully saturated rings. The van der Waals surface area contributed by atoms with E-state index < -0.39 is 0 Å². The van der Waals surface area contributed by atoms with Crippen molar-refractivity contribution >= 4 is 0 Å². The molecule has 0 amide bonds. The molecule has 2 nitrogen and oxygen atoms in total. The van der Waals surface area contributed by atoms with E-state index in [9.17, 15) is 0 Å². The molecule has 2 heteroatoms. The van der Waals surface area contributed by atoms with Gasteiger partial charge in [-0.1, -0.05) is 0 Å². The van der Waals surface area contributed by atoms with Crippen LogP contribution in [-0.2, 0) is 0 Å². The van der Waals surface area contributed by atoms with E-state index in [1.807, 2.05) is 0 Å². The normalized spacial score (nSPS) is 41.0. The van der Waals surface area contributed by atoms with Crippen LogP contribution in [0.2, 0.25) is 0 Å². The molecule has 88 valence electrons. The number of fused-ring (bicyclic) bond motifs is 1. The predicted molar refractivity (Wildman–Crippen MR) is 65.1 cm³/mol. The zero-order valence-corrected chi connectivity index (χ0v) is 11.2. The zero-order chi connectivity index (χ0) is 11.4. The molecule has 1 aliphatic carbocycles. The highest BCUT2D eigenvalue weighted by molar-refractivity contribution is 5.19. The maximum Gasteiger partial charge on any atom is 0.0179 e. The Hall–Kier alpha value is -0.0800. The van der Waals surface area contributed by atoms with Crippen LogP contribution in [-0.4, -0.2) is 48.1 Å². The number of nitrogens with zero attached hydrogens (tertiary/aromatic N) is 2. The van der Waals surface area contributed by atoms with Crippen LogP contribution in [0.5, 0.6) is 0 Å². The Morgan fingerprint density at radius 3 is 2.27 bits per heavy atom. The first-order valence-electron chi connectivity index (χ1n) is 6.19. The molecule has 0 aromatic carbocycles. The average molecular weight is 210 g/mol. The molecular formula is C13H26N2. The van der Waals surface area contributed by atoms with Gasteiger partial charge in [-0.25, -0.2) is 0 Å². The van der Waals surface area contributed by atoms with E-state index in [0.29, 0.717) is 11.0 Å². The second-order valence-corrected chi connectivity index (χ2v) is 6.95. The molecule has 2 rings (SSSR count). The van der Waals surface area contributed by atoms with Crippen LogP contribution in [0.25, 0.3) is 0 Å². The first-order chi connectivity index (χ1) is 6.76. The smallest absolute Gasteiger partial charge is 0.0179 e. The van der Waals surface area contributed by atoms with Crippen LogP contribution < -0.4 is 0 Å². The van der Waals surface area contributed by atoms with E-state index in [1.165, 1.54) is 19.4 Å². The van der Waals surface area contributed by atoms with Crippen LogP contribution in [0.1, 0.15) is 40.5 Å². The molecule has 2 aliphatic rings. The van der Waals surface area contributed by atoms with Gasteiger partial charge in [0, 0.05) is 29.6 Å². The van der Waals surface area contributed by atoms with E-state index in [0.717, 1.165) is 12.1 Å². The second kappa shape index (κ2) is 3.21. The average Bonchev–Trinajstić information content (AvgIpc) is 2.50. The van der Waals surface area contributed by atoms with Crippen molar-refractivity contribution in [2.45, 2.75) is 58.2 Å². The highest BCUT2D eigenvalue weighted by Gasteiger charge is 2.64. The summed E-state index contributed by atoms with van der Waals surface area (Å²) in [5.74, 6) is 0. The number of hydrogen-bond acceptors (Lipinski definition) is 2. The third kappa shape index (κ3) is 1.83. The summed E-state index contributed by atoms with van der Waals surface area (Å²) >= 11 is 0. The van der Waals surface area contributed by atoms with Crippen molar-refractivity contribution in [3.63, 3.8) is 0 Å². The van der Waals surface area contributed by atoms with E-state index in [4.69, 9.17) is 0 Å². The first-order valence-corrected chi connectivity index (χ1v) is 6.19. The Labute approximate surface area is 94.6 Å². The van der Waals surface area contributed by atoms with Gasteiger partial charge >= 0.3 is 0 Å². The summed E-state index contributed by atoms with van der Waals surface area (Å²) in [4.78, 5) is 5.11. The minimum Gasteiger partial charge on any atom is -0.309 e. The summed E-state index contributed by atoms with van der Waals surface area (Å²) in [6.45, 7) is 10.7. The fraction of sp³-hybridized carbons (Fsp3) is 1.00. The third-order valence-electron chi connectivity index (χ3n) is 4.06. The Morgan fingerprint density at radius 1 is 1.27 bits per heavy atom. The van der Waals surface area contributed by atoms with Gasteiger partial charge in [0.15, 0.2) is 0 Å². The summed E-state index contributed by atoms with van der Waals surface area (Å²) in [6.07, 6.45) is 2.82. The summed E-state index contributed by atoms with van der Waals surface area (Å²) in [7, 11) is 4.41. The van der Waals surface area contributed by atoms with Crippen LogP contribution in [0.4, 0.5) is 0 Å². The van der Waals surface area contributed by atoms with Crippen LogP contribution in [0.3, 0.4) is 0 Å². The summed E-state index contributed by atoms with van der Waals surface area (Å²) < 4.78 is 0. The molecule has 0 bridgehead atoms. The minimum absolute atomic E-state index is 0.342. The highest BCUT2D eigenvalue weighted by atomic mass is 15.3. The molecule has 0 N–H and O–H groups in total. The van der Waals surface area contributed by atoms with Gasteiger partial charge in [0.05, 0.1) is 0 Å². The summed E-state index contributed by atoms with van der Waals surface area (Å²) in [5, 5.41) is 0. The summed E-state index contributed by atoms with van der Waals surface area (Å²) in [6, 6.07) is 1.62. The molecule has 0 spiro atoms. The molecule has 0 radical (unpaired) electrons. The van der Waals surface area contributed by atoms with Crippen LogP contribution in [0, 0.1) is 5.41 Å². The molecule has 1 saturated heterocycles. The predicted octanol–water partition coefficient (Wildman–Crippen LogP) is 2.20. The van der Waals surface area contributed by atoms with Gasteiger partial charge in [-0.05, 0) is 54.6 Å². The molecule has 3 atom stereocenters. The van der Waals surface area contributed by atoms with Gasteiger partial charge in [0.2, 0.25) is 0 Å². The van der Waals surface area contributed by atoms with Gasteiger partial charge in [0.1, 0.15) is 0 Å². The minimum atomic E-state index is 0.342. The Kier molecular flexibility index (Phi) is 2.44. The second-order valence-electron chi connectivity index (χ2n) is 6.95. The fourth-order valence-corrected chi connectivity index (χ4v) is 3.93. The van der Waals surface area contributed by atoms with Crippen LogP contribution >= 0.6 is 0 Å². The summed E-state index contributed by atoms with van der Waals surface area (Å²) in [5.41, 5.74) is 0.977. The van der Waals surface area contributed by atoms with Gasteiger partial charge in [-0.3, -0.25) is 4.90 Å². The molecule has 1 saturated carbocycles. The number of hydrogen-bond donors (Lipinski definition) is 0. The molecule has 1 heterocycles. The largest absolute Gasteiger partial charge is 0.309 e. The van der Waals surface area contributed by atoms with Crippen molar-refractivity contribution in [1.82, 2.24) is 9.80 Å². The topological polar surface area (TPSA) is 6.48 Å². The lowest BCUT2D eigenvalue weighted by atomic mass is 9.99. The lowest BCUT2D eigenvalue weighted by Gasteiger charge is -2.37. The lowest BCUT2D eigenvalue weighted by Crippen LogP contribution is -2.45. The van der Waals surface area contributed by atoms with Crippen molar-refractivity contribution in [3.05, 3.63) is 0 Å². The lowest BCUT2D eigenvalue weighted by molar-refractivity contribution is 0.104. The van der Waals surface area contributed by atoms with E-state index in [2.05, 4.69) is 51.6 Å². The van der Waals surface area contributed by atoms with Crippen molar-refractivity contribution in [2.24, 2.45) is 5.41 Å². The van der Waals surface area contributed by atoms with Crippen molar-refractivity contribution in [3.8, 4) is 0 Å². The quantitative estimate of drug-likeness (QED) is 0.689. The standard InChI is InChI=1S/C13H26N2/c1-10-7-13(9-14(5)6)8-11(13)15(10)12(2,3)4/h10-11H,7-9H2,1-6H3/t10-,11-,13+/m1/s1. The molecule has 0 aromatic heterocycles. The van der Waals surface area contributed by atoms with Gasteiger partial charge < -0.3 is 4.90 Å². The number of rotatable bonds is 2. The molecule has 0 aromatic rings. The van der Waals surface area contributed by atoms with Gasteiger partial charge in [-0.15, -0.1) is 0 Å². The Bertz CT molecular complexity index is 254. The van der Waals surface area contributed by atoms with Crippen molar-refractivity contribution in [1.29, 1.82) is 0 Å². The Morgan fingerprint density at radius 2 is 1.87 bits per heavy atom. The monoisotopic (exact) mass is 210 g/mol. The van der Waals surface area contributed by atoms with E-state index in [1.54, 1.807) is 0 Å². The van der Waals surface area contributed by atoms with Gasteiger partial charge in [-0.2, -0.15) is 0 Å². The highest BCUT2D eigenvalue weighted by Crippen LogP contribution is 2.61. The zero-order valence-electron chi connectivity index (χ0n) is 11.2. The first kappa shape index (κ1) is 11.4. The number of piperidine rings is 1. The van der Waals surface area contributed by atoms with Crippen molar-refractivity contribution < 1.29 is 0 Å². The molecule has 15 heavy (non-hydrogen) atoms. The Balaban J connectivity index is 2.09. The van der Waals surface area contributed by atoms with E-state index in [-0.39, 0.29) is 0 Å².